The molecule has 2 saturated carbocycles. The van der Waals surface area contributed by atoms with Crippen molar-refractivity contribution in [2.45, 2.75) is 90.1 Å². The van der Waals surface area contributed by atoms with E-state index in [9.17, 15) is 14.4 Å². The van der Waals surface area contributed by atoms with Crippen molar-refractivity contribution in [3.63, 3.8) is 0 Å². The van der Waals surface area contributed by atoms with Gasteiger partial charge in [0.15, 0.2) is 0 Å². The number of carbonyl (C=O) groups is 1. The van der Waals surface area contributed by atoms with Crippen molar-refractivity contribution in [1.82, 2.24) is 9.24 Å². The molecule has 4 rings (SSSR count). The molecule has 1 aromatic carbocycles. The molecule has 2 aromatic rings. The number of ether oxygens (including phenoxy) is 1. The monoisotopic (exact) mass is 488 g/mol. The van der Waals surface area contributed by atoms with Crippen molar-refractivity contribution in [2.24, 2.45) is 5.92 Å². The molecule has 0 amide bonds. The number of hydrogen-bond donors (Lipinski definition) is 2. The van der Waals surface area contributed by atoms with Crippen molar-refractivity contribution >= 4 is 22.6 Å². The second-order valence-electron chi connectivity index (χ2n) is 9.91. The van der Waals surface area contributed by atoms with Crippen LogP contribution in [0.25, 0.3) is 10.9 Å². The van der Waals surface area contributed by atoms with E-state index in [4.69, 9.17) is 4.74 Å². The van der Waals surface area contributed by atoms with Crippen LogP contribution in [-0.4, -0.2) is 34.4 Å². The highest BCUT2D eigenvalue weighted by Crippen LogP contribution is 2.32. The maximum Gasteiger partial charge on any atom is 0.350 e. The number of benzene rings is 1. The van der Waals surface area contributed by atoms with Crippen LogP contribution in [0.1, 0.15) is 84.1 Å². The first-order valence-electron chi connectivity index (χ1n) is 13.1. The average molecular weight is 489 g/mol. The predicted molar refractivity (Wildman–Crippen MR) is 135 cm³/mol. The van der Waals surface area contributed by atoms with Gasteiger partial charge in [-0.1, -0.05) is 39.0 Å². The first-order chi connectivity index (χ1) is 16.9. The molecule has 2 aliphatic carbocycles. The van der Waals surface area contributed by atoms with E-state index in [1.54, 1.807) is 24.5 Å². The summed E-state index contributed by atoms with van der Waals surface area (Å²) in [6.45, 7) is 4.03. The molecule has 1 unspecified atom stereocenters. The second kappa shape index (κ2) is 11.3. The molecule has 1 atom stereocenters. The number of hydrogen-bond acceptors (Lipinski definition) is 6. The number of carbonyl (C=O) groups excluding carboxylic acids is 1. The molecule has 2 fully saturated rings. The Labute approximate surface area is 204 Å². The van der Waals surface area contributed by atoms with Gasteiger partial charge in [-0.05, 0) is 51.2 Å². The van der Waals surface area contributed by atoms with Gasteiger partial charge in [0.25, 0.3) is 5.56 Å². The normalized spacial score (nSPS) is 18.0. The smallest absolute Gasteiger partial charge is 0.350 e. The molecular formula is C26H37FN4O4. The van der Waals surface area contributed by atoms with E-state index in [-0.39, 0.29) is 35.9 Å². The van der Waals surface area contributed by atoms with Crippen LogP contribution in [0.15, 0.2) is 21.7 Å². The third-order valence-corrected chi connectivity index (χ3v) is 7.37. The third-order valence-electron chi connectivity index (χ3n) is 7.37. The molecule has 2 aliphatic rings. The van der Waals surface area contributed by atoms with E-state index in [1.165, 1.54) is 12.5 Å². The SMILES string of the molecule is CCOC(=O)C(C)CCNn1c(=O)c2cc(F)c(NC3CCCCC3)cc2n(C2CCCC2)c1=O. The molecule has 2 N–H and O–H groups in total. The summed E-state index contributed by atoms with van der Waals surface area (Å²) in [6.07, 6.45) is 9.51. The Morgan fingerprint density at radius 1 is 1.11 bits per heavy atom. The van der Waals surface area contributed by atoms with Gasteiger partial charge in [0.2, 0.25) is 0 Å². The van der Waals surface area contributed by atoms with E-state index in [0.717, 1.165) is 56.0 Å². The lowest BCUT2D eigenvalue weighted by atomic mass is 9.95. The summed E-state index contributed by atoms with van der Waals surface area (Å²) in [6, 6.07) is 3.07. The summed E-state index contributed by atoms with van der Waals surface area (Å²) in [5.74, 6) is -1.18. The van der Waals surface area contributed by atoms with Crippen LogP contribution in [0.2, 0.25) is 0 Å². The van der Waals surface area contributed by atoms with Crippen LogP contribution in [0.4, 0.5) is 10.1 Å². The Morgan fingerprint density at radius 3 is 2.49 bits per heavy atom. The van der Waals surface area contributed by atoms with Gasteiger partial charge in [-0.25, -0.2) is 9.18 Å². The van der Waals surface area contributed by atoms with Gasteiger partial charge >= 0.3 is 11.7 Å². The standard InChI is InChI=1S/C26H37FN4O4/c1-3-35-25(33)17(2)13-14-28-31-24(32)20-15-21(27)22(29-18-9-5-4-6-10-18)16-23(20)30(26(31)34)19-11-7-8-12-19/h15-19,28-29H,3-14H2,1-2H3. The lowest BCUT2D eigenvalue weighted by Crippen LogP contribution is -2.46. The molecule has 0 aliphatic heterocycles. The molecule has 192 valence electrons. The first kappa shape index (κ1) is 25.3. The Balaban J connectivity index is 1.69. The van der Waals surface area contributed by atoms with Crippen LogP contribution >= 0.6 is 0 Å². The maximum absolute atomic E-state index is 15.1. The number of fused-ring (bicyclic) bond motifs is 1. The van der Waals surface area contributed by atoms with E-state index in [0.29, 0.717) is 24.2 Å². The molecule has 0 bridgehead atoms. The number of aromatic nitrogens is 2. The number of halogens is 1. The second-order valence-corrected chi connectivity index (χ2v) is 9.91. The van der Waals surface area contributed by atoms with Gasteiger partial charge < -0.3 is 15.5 Å². The van der Waals surface area contributed by atoms with Crippen molar-refractivity contribution in [1.29, 1.82) is 0 Å². The number of rotatable bonds is 9. The topological polar surface area (TPSA) is 94.4 Å². The summed E-state index contributed by atoms with van der Waals surface area (Å²) in [5.41, 5.74) is 2.69. The van der Waals surface area contributed by atoms with Crippen LogP contribution in [-0.2, 0) is 9.53 Å². The predicted octanol–water partition coefficient (Wildman–Crippen LogP) is 4.29. The Morgan fingerprint density at radius 2 is 1.80 bits per heavy atom. The van der Waals surface area contributed by atoms with Gasteiger partial charge in [-0.3, -0.25) is 14.2 Å². The largest absolute Gasteiger partial charge is 0.466 e. The van der Waals surface area contributed by atoms with Crippen LogP contribution < -0.4 is 22.0 Å². The summed E-state index contributed by atoms with van der Waals surface area (Å²) in [7, 11) is 0. The van der Waals surface area contributed by atoms with Gasteiger partial charge in [0.1, 0.15) is 5.82 Å². The Hall–Kier alpha value is -2.84. The summed E-state index contributed by atoms with van der Waals surface area (Å²) in [5, 5.41) is 3.50. The molecule has 8 nitrogen and oxygen atoms in total. The van der Waals surface area contributed by atoms with Crippen molar-refractivity contribution in [3.05, 3.63) is 38.8 Å². The Kier molecular flexibility index (Phi) is 8.13. The number of nitrogens with zero attached hydrogens (tertiary/aromatic N) is 2. The Bertz CT molecular complexity index is 1160. The highest BCUT2D eigenvalue weighted by molar-refractivity contribution is 5.82. The minimum atomic E-state index is -0.578. The fourth-order valence-corrected chi connectivity index (χ4v) is 5.38. The van der Waals surface area contributed by atoms with Crippen LogP contribution in [0.3, 0.4) is 0 Å². The van der Waals surface area contributed by atoms with Crippen molar-refractivity contribution in [3.8, 4) is 0 Å². The minimum Gasteiger partial charge on any atom is -0.466 e. The number of anilines is 1. The molecule has 0 saturated heterocycles. The summed E-state index contributed by atoms with van der Waals surface area (Å²) < 4.78 is 22.8. The highest BCUT2D eigenvalue weighted by atomic mass is 19.1. The summed E-state index contributed by atoms with van der Waals surface area (Å²) >= 11 is 0. The fourth-order valence-electron chi connectivity index (χ4n) is 5.38. The minimum absolute atomic E-state index is 0.0369. The van der Waals surface area contributed by atoms with E-state index >= 15 is 4.39 Å². The zero-order valence-corrected chi connectivity index (χ0v) is 20.8. The average Bonchev–Trinajstić information content (AvgIpc) is 3.37. The van der Waals surface area contributed by atoms with Crippen molar-refractivity contribution < 1.29 is 13.9 Å². The van der Waals surface area contributed by atoms with E-state index in [1.807, 2.05) is 0 Å². The molecule has 0 spiro atoms. The number of esters is 1. The highest BCUT2D eigenvalue weighted by Gasteiger charge is 2.25. The molecule has 9 heteroatoms. The van der Waals surface area contributed by atoms with E-state index < -0.39 is 17.1 Å². The fraction of sp³-hybridized carbons (Fsp3) is 0.654. The molecular weight excluding hydrogens is 451 g/mol. The quantitative estimate of drug-likeness (QED) is 0.512. The third kappa shape index (κ3) is 5.54. The van der Waals surface area contributed by atoms with E-state index in [2.05, 4.69) is 10.7 Å². The molecule has 35 heavy (non-hydrogen) atoms. The van der Waals surface area contributed by atoms with Crippen LogP contribution in [0, 0.1) is 11.7 Å². The molecule has 1 heterocycles. The zero-order valence-electron chi connectivity index (χ0n) is 20.8. The lowest BCUT2D eigenvalue weighted by Gasteiger charge is -2.25. The molecule has 1 aromatic heterocycles. The molecule has 0 radical (unpaired) electrons. The zero-order chi connectivity index (χ0) is 24.9. The first-order valence-corrected chi connectivity index (χ1v) is 13.1. The van der Waals surface area contributed by atoms with Gasteiger partial charge in [-0.2, -0.15) is 4.68 Å². The van der Waals surface area contributed by atoms with Gasteiger partial charge in [0, 0.05) is 18.6 Å². The van der Waals surface area contributed by atoms with Gasteiger partial charge in [-0.15, -0.1) is 0 Å². The number of nitrogens with one attached hydrogen (secondary N) is 2. The van der Waals surface area contributed by atoms with Gasteiger partial charge in [0.05, 0.1) is 29.1 Å². The lowest BCUT2D eigenvalue weighted by molar-refractivity contribution is -0.147. The van der Waals surface area contributed by atoms with Crippen LogP contribution in [0.5, 0.6) is 0 Å². The summed E-state index contributed by atoms with van der Waals surface area (Å²) in [4.78, 5) is 38.7. The van der Waals surface area contributed by atoms with Crippen molar-refractivity contribution in [2.75, 3.05) is 23.9 Å². The maximum atomic E-state index is 15.1.